The van der Waals surface area contributed by atoms with Crippen molar-refractivity contribution in [2.45, 2.75) is 5.25 Å². The summed E-state index contributed by atoms with van der Waals surface area (Å²) < 4.78 is 59.3. The average molecular weight is 347 g/mol. The fraction of sp³-hybridized carbons (Fsp3) is 0.0833. The molecule has 1 N–H and O–H groups in total. The Balaban J connectivity index is 2.17. The Labute approximate surface area is 127 Å². The quantitative estimate of drug-likeness (QED) is 0.365. The highest BCUT2D eigenvalue weighted by molar-refractivity contribution is 7.87. The van der Waals surface area contributed by atoms with Gasteiger partial charge in [0.05, 0.1) is 5.69 Å². The molecule has 122 valence electrons. The average Bonchev–Trinajstić information content (AvgIpc) is 2.78. The lowest BCUT2D eigenvalue weighted by Crippen LogP contribution is -2.40. The highest BCUT2D eigenvalue weighted by Gasteiger charge is 2.54. The summed E-state index contributed by atoms with van der Waals surface area (Å²) in [4.78, 5) is 34.7. The molecule has 0 radical (unpaired) electrons. The second kappa shape index (κ2) is 5.52. The van der Waals surface area contributed by atoms with Crippen molar-refractivity contribution in [2.24, 2.45) is 0 Å². The number of nitrogens with zero attached hydrogens (tertiary/aromatic N) is 1. The minimum atomic E-state index is -5.97. The number of rotatable bonds is 4. The van der Waals surface area contributed by atoms with Gasteiger partial charge in [-0.3, -0.25) is 14.1 Å². The Morgan fingerprint density at radius 2 is 1.57 bits per heavy atom. The minimum absolute atomic E-state index is 0.0892. The number of halogens is 2. The standard InChI is InChI=1S/C12H7F2NO7S/c13-12(14,23(19,20)21)11(18)22-8-3-1-7(2-4-8)15-9(16)5-6-10(15)17/h1-6H,(H,19,20,21). The van der Waals surface area contributed by atoms with Crippen molar-refractivity contribution >= 4 is 33.6 Å². The van der Waals surface area contributed by atoms with E-state index in [1.807, 2.05) is 0 Å². The first-order chi connectivity index (χ1) is 10.5. The first-order valence-corrected chi connectivity index (χ1v) is 7.21. The second-order valence-electron chi connectivity index (χ2n) is 4.22. The Morgan fingerprint density at radius 3 is 2.00 bits per heavy atom. The van der Waals surface area contributed by atoms with E-state index in [1.54, 1.807) is 0 Å². The van der Waals surface area contributed by atoms with Crippen molar-refractivity contribution in [1.29, 1.82) is 0 Å². The molecule has 2 rings (SSSR count). The first kappa shape index (κ1) is 16.7. The van der Waals surface area contributed by atoms with Crippen LogP contribution in [0.5, 0.6) is 5.75 Å². The third-order valence-corrected chi connectivity index (χ3v) is 3.49. The molecule has 8 nitrogen and oxygen atoms in total. The van der Waals surface area contributed by atoms with Gasteiger partial charge in [0.2, 0.25) is 0 Å². The number of amides is 2. The molecule has 0 saturated heterocycles. The predicted octanol–water partition coefficient (Wildman–Crippen LogP) is 0.502. The van der Waals surface area contributed by atoms with E-state index >= 15 is 0 Å². The molecule has 0 atom stereocenters. The smallest absolute Gasteiger partial charge is 0.421 e. The Kier molecular flexibility index (Phi) is 4.01. The van der Waals surface area contributed by atoms with Crippen LogP contribution in [0.2, 0.25) is 0 Å². The van der Waals surface area contributed by atoms with E-state index in [4.69, 9.17) is 4.55 Å². The highest BCUT2D eigenvalue weighted by atomic mass is 32.2. The van der Waals surface area contributed by atoms with Gasteiger partial charge in [0.15, 0.2) is 0 Å². The fourth-order valence-electron chi connectivity index (χ4n) is 1.59. The van der Waals surface area contributed by atoms with Gasteiger partial charge in [-0.1, -0.05) is 0 Å². The predicted molar refractivity (Wildman–Crippen MR) is 70.2 cm³/mol. The summed E-state index contributed by atoms with van der Waals surface area (Å²) in [5.74, 6) is -4.20. The molecule has 0 spiro atoms. The molecule has 1 aliphatic rings. The molecule has 0 unspecified atom stereocenters. The summed E-state index contributed by atoms with van der Waals surface area (Å²) in [6, 6.07) is 4.17. The van der Waals surface area contributed by atoms with Crippen molar-refractivity contribution in [1.82, 2.24) is 0 Å². The Hall–Kier alpha value is -2.66. The van der Waals surface area contributed by atoms with E-state index in [-0.39, 0.29) is 5.69 Å². The van der Waals surface area contributed by atoms with Crippen LogP contribution in [0.15, 0.2) is 36.4 Å². The van der Waals surface area contributed by atoms with Gasteiger partial charge in [0.25, 0.3) is 11.8 Å². The van der Waals surface area contributed by atoms with E-state index in [2.05, 4.69) is 4.74 Å². The number of anilines is 1. The van der Waals surface area contributed by atoms with E-state index in [9.17, 15) is 31.6 Å². The molecule has 0 aromatic heterocycles. The van der Waals surface area contributed by atoms with Gasteiger partial charge in [0, 0.05) is 12.2 Å². The summed E-state index contributed by atoms with van der Waals surface area (Å²) in [5, 5.41) is -5.13. The summed E-state index contributed by atoms with van der Waals surface area (Å²) in [7, 11) is -5.97. The number of carbonyl (C=O) groups excluding carboxylic acids is 3. The lowest BCUT2D eigenvalue weighted by molar-refractivity contribution is -0.151. The number of carbonyl (C=O) groups is 3. The number of alkyl halides is 2. The lowest BCUT2D eigenvalue weighted by Gasteiger charge is -2.15. The first-order valence-electron chi connectivity index (χ1n) is 5.77. The largest absolute Gasteiger partial charge is 0.466 e. The van der Waals surface area contributed by atoms with Crippen molar-refractivity contribution in [3.8, 4) is 5.75 Å². The molecule has 0 saturated carbocycles. The number of esters is 1. The second-order valence-corrected chi connectivity index (χ2v) is 5.68. The van der Waals surface area contributed by atoms with Crippen molar-refractivity contribution in [3.05, 3.63) is 36.4 Å². The summed E-state index contributed by atoms with van der Waals surface area (Å²) in [6.07, 6.45) is 2.06. The molecule has 1 heterocycles. The number of benzene rings is 1. The van der Waals surface area contributed by atoms with Crippen LogP contribution in [-0.2, 0) is 24.5 Å². The molecular formula is C12H7F2NO7S. The van der Waals surface area contributed by atoms with Crippen LogP contribution in [-0.4, -0.2) is 36.0 Å². The van der Waals surface area contributed by atoms with Crippen molar-refractivity contribution in [3.63, 3.8) is 0 Å². The van der Waals surface area contributed by atoms with Gasteiger partial charge in [-0.05, 0) is 24.3 Å². The number of hydrogen-bond donors (Lipinski definition) is 1. The Bertz CT molecular complexity index is 796. The van der Waals surface area contributed by atoms with E-state index in [0.29, 0.717) is 0 Å². The number of ether oxygens (including phenoxy) is 1. The SMILES string of the molecule is O=C1C=CC(=O)N1c1ccc(OC(=O)C(F)(F)S(=O)(=O)O)cc1. The van der Waals surface area contributed by atoms with Crippen LogP contribution < -0.4 is 9.64 Å². The maximum absolute atomic E-state index is 13.0. The van der Waals surface area contributed by atoms with Crippen molar-refractivity contribution < 1.29 is 40.9 Å². The van der Waals surface area contributed by atoms with Crippen LogP contribution >= 0.6 is 0 Å². The van der Waals surface area contributed by atoms with Crippen LogP contribution in [0, 0.1) is 0 Å². The molecule has 0 bridgehead atoms. The van der Waals surface area contributed by atoms with Crippen LogP contribution in [0.3, 0.4) is 0 Å². The summed E-state index contributed by atoms with van der Waals surface area (Å²) in [6.45, 7) is 0. The molecule has 0 aliphatic carbocycles. The molecule has 23 heavy (non-hydrogen) atoms. The zero-order valence-corrected chi connectivity index (χ0v) is 11.8. The topological polar surface area (TPSA) is 118 Å². The summed E-state index contributed by atoms with van der Waals surface area (Å²) >= 11 is 0. The zero-order valence-electron chi connectivity index (χ0n) is 11.0. The fourth-order valence-corrected chi connectivity index (χ4v) is 1.84. The summed E-state index contributed by atoms with van der Waals surface area (Å²) in [5.41, 5.74) is 0.0892. The van der Waals surface area contributed by atoms with Gasteiger partial charge in [-0.2, -0.15) is 17.2 Å². The van der Waals surface area contributed by atoms with E-state index in [1.165, 1.54) is 0 Å². The van der Waals surface area contributed by atoms with Gasteiger partial charge in [0.1, 0.15) is 5.75 Å². The lowest BCUT2D eigenvalue weighted by atomic mass is 10.3. The maximum Gasteiger partial charge on any atom is 0.466 e. The molecule has 0 fully saturated rings. The molecule has 1 aromatic rings. The van der Waals surface area contributed by atoms with E-state index < -0.39 is 38.9 Å². The minimum Gasteiger partial charge on any atom is -0.421 e. The molecule has 11 heteroatoms. The van der Waals surface area contributed by atoms with Crippen molar-refractivity contribution in [2.75, 3.05) is 4.90 Å². The Morgan fingerprint density at radius 1 is 1.09 bits per heavy atom. The van der Waals surface area contributed by atoms with Gasteiger partial charge in [-0.15, -0.1) is 0 Å². The van der Waals surface area contributed by atoms with E-state index in [0.717, 1.165) is 41.3 Å². The molecular weight excluding hydrogens is 340 g/mol. The normalized spacial score (nSPS) is 15.2. The van der Waals surface area contributed by atoms with Gasteiger partial charge < -0.3 is 4.74 Å². The van der Waals surface area contributed by atoms with Crippen LogP contribution in [0.25, 0.3) is 0 Å². The molecule has 1 aliphatic heterocycles. The molecule has 1 aromatic carbocycles. The number of imide groups is 1. The van der Waals surface area contributed by atoms with Gasteiger partial charge >= 0.3 is 21.3 Å². The molecule has 2 amide bonds. The third-order valence-electron chi connectivity index (χ3n) is 2.68. The van der Waals surface area contributed by atoms with Crippen LogP contribution in [0.1, 0.15) is 0 Å². The zero-order chi connectivity index (χ0) is 17.4. The third kappa shape index (κ3) is 3.10. The maximum atomic E-state index is 13.0. The highest BCUT2D eigenvalue weighted by Crippen LogP contribution is 2.26. The number of hydrogen-bond acceptors (Lipinski definition) is 6. The van der Waals surface area contributed by atoms with Crippen LogP contribution in [0.4, 0.5) is 14.5 Å². The monoisotopic (exact) mass is 347 g/mol. The van der Waals surface area contributed by atoms with Gasteiger partial charge in [-0.25, -0.2) is 9.69 Å².